The van der Waals surface area contributed by atoms with Crippen LogP contribution in [-0.4, -0.2) is 11.5 Å². The quantitative estimate of drug-likeness (QED) is 0.859. The van der Waals surface area contributed by atoms with Crippen LogP contribution in [-0.2, 0) is 6.42 Å². The van der Waals surface area contributed by atoms with Crippen molar-refractivity contribution in [3.8, 4) is 0 Å². The molecule has 0 radical (unpaired) electrons. The van der Waals surface area contributed by atoms with Gasteiger partial charge in [-0.05, 0) is 43.1 Å². The van der Waals surface area contributed by atoms with Gasteiger partial charge in [-0.3, -0.25) is 4.98 Å². The Morgan fingerprint density at radius 2 is 2.11 bits per heavy atom. The van der Waals surface area contributed by atoms with Crippen LogP contribution in [0.1, 0.15) is 48.8 Å². The highest BCUT2D eigenvalue weighted by Crippen LogP contribution is 2.28. The molecule has 102 valence electrons. The third kappa shape index (κ3) is 3.04. The molecule has 0 aliphatic rings. The fraction of sp³-hybridized carbons (Fsp3) is 0.438. The molecule has 1 atom stereocenters. The molecular formula is C16H22N2O. The molecule has 0 aliphatic carbocycles. The van der Waals surface area contributed by atoms with Crippen molar-refractivity contribution >= 4 is 0 Å². The molecular weight excluding hydrogens is 236 g/mol. The molecule has 2 aromatic heterocycles. The first-order valence-electron chi connectivity index (χ1n) is 6.98. The lowest BCUT2D eigenvalue weighted by molar-refractivity contribution is 0.499. The molecule has 0 saturated heterocycles. The number of nitrogens with zero attached hydrogens (tertiary/aromatic N) is 1. The smallest absolute Gasteiger partial charge is 0.108 e. The molecule has 2 aromatic rings. The molecule has 0 fully saturated rings. The Bertz CT molecular complexity index is 519. The second-order valence-electron chi connectivity index (χ2n) is 4.77. The van der Waals surface area contributed by atoms with E-state index in [9.17, 15) is 0 Å². The van der Waals surface area contributed by atoms with Crippen LogP contribution >= 0.6 is 0 Å². The van der Waals surface area contributed by atoms with E-state index in [1.165, 1.54) is 16.7 Å². The average Bonchev–Trinajstić information content (AvgIpc) is 2.89. The predicted octanol–water partition coefficient (Wildman–Crippen LogP) is 3.63. The van der Waals surface area contributed by atoms with E-state index in [0.29, 0.717) is 0 Å². The second-order valence-corrected chi connectivity index (χ2v) is 4.77. The fourth-order valence-corrected chi connectivity index (χ4v) is 2.35. The minimum atomic E-state index is 0.169. The van der Waals surface area contributed by atoms with E-state index in [1.807, 2.05) is 12.4 Å². The first-order chi connectivity index (χ1) is 9.27. The third-order valence-electron chi connectivity index (χ3n) is 3.40. The van der Waals surface area contributed by atoms with Gasteiger partial charge in [-0.15, -0.1) is 0 Å². The standard InChI is InChI=1S/C16H22N2O/c1-4-8-18-16(13-7-10-19-15(13)5-2)14-11-17-9-6-12(14)3/h6-7,9-11,16,18H,4-5,8H2,1-3H3. The Morgan fingerprint density at radius 3 is 2.79 bits per heavy atom. The molecule has 3 heteroatoms. The van der Waals surface area contributed by atoms with Crippen LogP contribution in [0.4, 0.5) is 0 Å². The van der Waals surface area contributed by atoms with Crippen LogP contribution in [0.5, 0.6) is 0 Å². The largest absolute Gasteiger partial charge is 0.469 e. The highest BCUT2D eigenvalue weighted by molar-refractivity contribution is 5.36. The van der Waals surface area contributed by atoms with E-state index in [4.69, 9.17) is 4.42 Å². The molecule has 3 nitrogen and oxygen atoms in total. The van der Waals surface area contributed by atoms with Crippen LogP contribution < -0.4 is 5.32 Å². The number of rotatable bonds is 6. The Hall–Kier alpha value is -1.61. The number of aryl methyl sites for hydroxylation is 2. The minimum absolute atomic E-state index is 0.169. The van der Waals surface area contributed by atoms with Crippen molar-refractivity contribution in [3.05, 3.63) is 53.2 Å². The summed E-state index contributed by atoms with van der Waals surface area (Å²) < 4.78 is 5.58. The summed E-state index contributed by atoms with van der Waals surface area (Å²) in [6, 6.07) is 4.29. The molecule has 2 rings (SSSR count). The number of aromatic nitrogens is 1. The zero-order valence-corrected chi connectivity index (χ0v) is 11.9. The molecule has 0 aliphatic heterocycles. The third-order valence-corrected chi connectivity index (χ3v) is 3.40. The Labute approximate surface area is 115 Å². The van der Waals surface area contributed by atoms with Crippen molar-refractivity contribution < 1.29 is 4.42 Å². The van der Waals surface area contributed by atoms with Gasteiger partial charge in [0.05, 0.1) is 12.3 Å². The first kappa shape index (κ1) is 13.8. The van der Waals surface area contributed by atoms with E-state index >= 15 is 0 Å². The minimum Gasteiger partial charge on any atom is -0.469 e. The van der Waals surface area contributed by atoms with Gasteiger partial charge in [0, 0.05) is 24.4 Å². The van der Waals surface area contributed by atoms with Crippen molar-refractivity contribution in [2.24, 2.45) is 0 Å². The van der Waals surface area contributed by atoms with Crippen molar-refractivity contribution in [1.29, 1.82) is 0 Å². The van der Waals surface area contributed by atoms with Gasteiger partial charge >= 0.3 is 0 Å². The highest BCUT2D eigenvalue weighted by atomic mass is 16.3. The van der Waals surface area contributed by atoms with Gasteiger partial charge in [0.2, 0.25) is 0 Å². The molecule has 1 unspecified atom stereocenters. The summed E-state index contributed by atoms with van der Waals surface area (Å²) in [5.74, 6) is 1.05. The van der Waals surface area contributed by atoms with Gasteiger partial charge in [-0.25, -0.2) is 0 Å². The van der Waals surface area contributed by atoms with E-state index in [1.54, 1.807) is 6.26 Å². The van der Waals surface area contributed by atoms with Crippen molar-refractivity contribution in [1.82, 2.24) is 10.3 Å². The molecule has 0 saturated carbocycles. The lowest BCUT2D eigenvalue weighted by atomic mass is 9.96. The maximum absolute atomic E-state index is 5.58. The summed E-state index contributed by atoms with van der Waals surface area (Å²) in [5, 5.41) is 3.60. The Balaban J connectivity index is 2.39. The van der Waals surface area contributed by atoms with Crippen LogP contribution in [0.25, 0.3) is 0 Å². The summed E-state index contributed by atoms with van der Waals surface area (Å²) >= 11 is 0. The normalized spacial score (nSPS) is 12.6. The van der Waals surface area contributed by atoms with Crippen molar-refractivity contribution in [2.45, 2.75) is 39.7 Å². The summed E-state index contributed by atoms with van der Waals surface area (Å²) in [7, 11) is 0. The van der Waals surface area contributed by atoms with Gasteiger partial charge in [-0.1, -0.05) is 13.8 Å². The topological polar surface area (TPSA) is 38.1 Å². The monoisotopic (exact) mass is 258 g/mol. The molecule has 0 aromatic carbocycles. The molecule has 0 bridgehead atoms. The number of pyridine rings is 1. The molecule has 2 heterocycles. The number of hydrogen-bond donors (Lipinski definition) is 1. The van der Waals surface area contributed by atoms with Crippen LogP contribution in [0.3, 0.4) is 0 Å². The zero-order chi connectivity index (χ0) is 13.7. The molecule has 19 heavy (non-hydrogen) atoms. The number of hydrogen-bond acceptors (Lipinski definition) is 3. The predicted molar refractivity (Wildman–Crippen MR) is 77.2 cm³/mol. The highest BCUT2D eigenvalue weighted by Gasteiger charge is 2.20. The van der Waals surface area contributed by atoms with E-state index < -0.39 is 0 Å². The maximum Gasteiger partial charge on any atom is 0.108 e. The summed E-state index contributed by atoms with van der Waals surface area (Å²) in [4.78, 5) is 4.27. The van der Waals surface area contributed by atoms with Crippen LogP contribution in [0.15, 0.2) is 35.2 Å². The van der Waals surface area contributed by atoms with E-state index in [0.717, 1.165) is 25.1 Å². The Kier molecular flexibility index (Phi) is 4.74. The van der Waals surface area contributed by atoms with Gasteiger partial charge in [-0.2, -0.15) is 0 Å². The van der Waals surface area contributed by atoms with Crippen molar-refractivity contribution in [3.63, 3.8) is 0 Å². The zero-order valence-electron chi connectivity index (χ0n) is 11.9. The maximum atomic E-state index is 5.58. The Morgan fingerprint density at radius 1 is 1.26 bits per heavy atom. The summed E-state index contributed by atoms with van der Waals surface area (Å²) in [5.41, 5.74) is 3.71. The van der Waals surface area contributed by atoms with Gasteiger partial charge in [0.1, 0.15) is 5.76 Å². The van der Waals surface area contributed by atoms with Gasteiger partial charge in [0.15, 0.2) is 0 Å². The number of nitrogens with one attached hydrogen (secondary N) is 1. The lowest BCUT2D eigenvalue weighted by Gasteiger charge is -2.20. The second kappa shape index (κ2) is 6.53. The van der Waals surface area contributed by atoms with Gasteiger partial charge in [0.25, 0.3) is 0 Å². The molecule has 0 amide bonds. The number of furan rings is 1. The summed E-state index contributed by atoms with van der Waals surface area (Å²) in [6.45, 7) is 7.41. The first-order valence-corrected chi connectivity index (χ1v) is 6.98. The average molecular weight is 258 g/mol. The summed E-state index contributed by atoms with van der Waals surface area (Å²) in [6.07, 6.45) is 7.59. The molecule has 0 spiro atoms. The fourth-order valence-electron chi connectivity index (χ4n) is 2.35. The van der Waals surface area contributed by atoms with Crippen LogP contribution in [0, 0.1) is 6.92 Å². The van der Waals surface area contributed by atoms with E-state index in [-0.39, 0.29) is 6.04 Å². The SMILES string of the molecule is CCCNC(c1cnccc1C)c1ccoc1CC. The van der Waals surface area contributed by atoms with Crippen molar-refractivity contribution in [2.75, 3.05) is 6.54 Å². The van der Waals surface area contributed by atoms with Crippen LogP contribution in [0.2, 0.25) is 0 Å². The lowest BCUT2D eigenvalue weighted by Crippen LogP contribution is -2.24. The van der Waals surface area contributed by atoms with E-state index in [2.05, 4.69) is 43.2 Å². The van der Waals surface area contributed by atoms with Gasteiger partial charge < -0.3 is 9.73 Å². The molecule has 1 N–H and O–H groups in total.